The molecule has 0 radical (unpaired) electrons. The fraction of sp³-hybridized carbons (Fsp3) is 0.310. The molecule has 3 amide bonds. The van der Waals surface area contributed by atoms with Gasteiger partial charge in [-0.2, -0.15) is 0 Å². The van der Waals surface area contributed by atoms with Gasteiger partial charge in [0.05, 0.1) is 0 Å². The summed E-state index contributed by atoms with van der Waals surface area (Å²) in [5.41, 5.74) is 6.11. The largest absolute Gasteiger partial charge is 0.348 e. The SMILES string of the molecule is CCc1ccc(NC(=O)N2CCC[C@H](c3cccc(C(=O)NCc4ccccc4C)c3)C2)cc1. The average molecular weight is 456 g/mol. The van der Waals surface area contributed by atoms with Gasteiger partial charge in [0.2, 0.25) is 0 Å². The van der Waals surface area contributed by atoms with Crippen LogP contribution in [0.3, 0.4) is 0 Å². The maximum Gasteiger partial charge on any atom is 0.321 e. The summed E-state index contributed by atoms with van der Waals surface area (Å²) in [4.78, 5) is 27.6. The summed E-state index contributed by atoms with van der Waals surface area (Å²) >= 11 is 0. The highest BCUT2D eigenvalue weighted by Crippen LogP contribution is 2.28. The third-order valence-corrected chi connectivity index (χ3v) is 6.64. The highest BCUT2D eigenvalue weighted by molar-refractivity contribution is 5.94. The van der Waals surface area contributed by atoms with E-state index < -0.39 is 0 Å². The number of carbonyl (C=O) groups is 2. The molecule has 1 aliphatic heterocycles. The summed E-state index contributed by atoms with van der Waals surface area (Å²) in [7, 11) is 0. The molecular formula is C29H33N3O2. The van der Waals surface area contributed by atoms with Crippen LogP contribution in [0.25, 0.3) is 0 Å². The fourth-order valence-electron chi connectivity index (χ4n) is 4.48. The number of piperidine rings is 1. The van der Waals surface area contributed by atoms with Crippen molar-refractivity contribution in [2.45, 2.75) is 45.6 Å². The number of likely N-dealkylation sites (tertiary alicyclic amines) is 1. The Kier molecular flexibility index (Phi) is 7.63. The van der Waals surface area contributed by atoms with Crippen LogP contribution in [0.2, 0.25) is 0 Å². The molecule has 0 unspecified atom stereocenters. The van der Waals surface area contributed by atoms with E-state index in [2.05, 4.69) is 23.6 Å². The molecule has 1 aliphatic rings. The van der Waals surface area contributed by atoms with Crippen LogP contribution in [-0.4, -0.2) is 29.9 Å². The van der Waals surface area contributed by atoms with Crippen LogP contribution in [0, 0.1) is 6.92 Å². The number of carbonyl (C=O) groups excluding carboxylic acids is 2. The Hall–Kier alpha value is -3.60. The molecule has 0 saturated carbocycles. The van der Waals surface area contributed by atoms with Gasteiger partial charge < -0.3 is 15.5 Å². The Morgan fingerprint density at radius 1 is 1.00 bits per heavy atom. The number of hydrogen-bond acceptors (Lipinski definition) is 2. The molecular weight excluding hydrogens is 422 g/mol. The maximum atomic E-state index is 12.9. The molecule has 176 valence electrons. The lowest BCUT2D eigenvalue weighted by Crippen LogP contribution is -2.41. The number of nitrogens with one attached hydrogen (secondary N) is 2. The average Bonchev–Trinajstić information content (AvgIpc) is 2.88. The van der Waals surface area contributed by atoms with E-state index in [-0.39, 0.29) is 17.9 Å². The smallest absolute Gasteiger partial charge is 0.321 e. The zero-order chi connectivity index (χ0) is 23.9. The first kappa shape index (κ1) is 23.6. The number of hydrogen-bond donors (Lipinski definition) is 2. The van der Waals surface area contributed by atoms with Crippen LogP contribution in [0.4, 0.5) is 10.5 Å². The zero-order valence-corrected chi connectivity index (χ0v) is 20.0. The number of rotatable bonds is 6. The van der Waals surface area contributed by atoms with Crippen molar-refractivity contribution in [2.24, 2.45) is 0 Å². The monoisotopic (exact) mass is 455 g/mol. The second-order valence-corrected chi connectivity index (χ2v) is 9.00. The summed E-state index contributed by atoms with van der Waals surface area (Å²) < 4.78 is 0. The molecule has 1 saturated heterocycles. The van der Waals surface area contributed by atoms with E-state index in [1.54, 1.807) is 0 Å². The molecule has 0 aromatic heterocycles. The Morgan fingerprint density at radius 3 is 2.56 bits per heavy atom. The molecule has 1 heterocycles. The van der Waals surface area contributed by atoms with Crippen molar-refractivity contribution in [3.05, 3.63) is 101 Å². The van der Waals surface area contributed by atoms with Crippen LogP contribution in [-0.2, 0) is 13.0 Å². The molecule has 0 spiro atoms. The van der Waals surface area contributed by atoms with Crippen LogP contribution in [0.1, 0.15) is 58.3 Å². The molecule has 2 N–H and O–H groups in total. The van der Waals surface area contributed by atoms with Crippen molar-refractivity contribution in [1.82, 2.24) is 10.2 Å². The van der Waals surface area contributed by atoms with Crippen LogP contribution < -0.4 is 10.6 Å². The molecule has 1 atom stereocenters. The topological polar surface area (TPSA) is 61.4 Å². The predicted octanol–water partition coefficient (Wildman–Crippen LogP) is 5.90. The van der Waals surface area contributed by atoms with Crippen LogP contribution in [0.5, 0.6) is 0 Å². The first-order valence-corrected chi connectivity index (χ1v) is 12.1. The predicted molar refractivity (Wildman–Crippen MR) is 137 cm³/mol. The lowest BCUT2D eigenvalue weighted by molar-refractivity contribution is 0.0950. The second-order valence-electron chi connectivity index (χ2n) is 9.00. The van der Waals surface area contributed by atoms with Crippen molar-refractivity contribution >= 4 is 17.6 Å². The van der Waals surface area contributed by atoms with Gasteiger partial charge in [-0.05, 0) is 72.7 Å². The van der Waals surface area contributed by atoms with Crippen LogP contribution >= 0.6 is 0 Å². The molecule has 1 fully saturated rings. The molecule has 4 rings (SSSR count). The lowest BCUT2D eigenvalue weighted by Gasteiger charge is -2.33. The van der Waals surface area contributed by atoms with Gasteiger partial charge in [0.1, 0.15) is 0 Å². The number of urea groups is 1. The normalized spacial score (nSPS) is 15.6. The number of amides is 3. The minimum Gasteiger partial charge on any atom is -0.348 e. The first-order chi connectivity index (χ1) is 16.5. The van der Waals surface area contributed by atoms with Gasteiger partial charge >= 0.3 is 6.03 Å². The summed E-state index contributed by atoms with van der Waals surface area (Å²) in [5.74, 6) is 0.136. The highest BCUT2D eigenvalue weighted by atomic mass is 16.2. The van der Waals surface area contributed by atoms with Gasteiger partial charge in [-0.15, -0.1) is 0 Å². The summed E-state index contributed by atoms with van der Waals surface area (Å²) in [5, 5.41) is 6.06. The number of anilines is 1. The van der Waals surface area contributed by atoms with Gasteiger partial charge in [-0.1, -0.05) is 55.5 Å². The minimum absolute atomic E-state index is 0.0684. The van der Waals surface area contributed by atoms with E-state index in [1.165, 1.54) is 11.1 Å². The second kappa shape index (κ2) is 11.0. The third kappa shape index (κ3) is 5.84. The summed E-state index contributed by atoms with van der Waals surface area (Å²) in [6.07, 6.45) is 2.92. The van der Waals surface area contributed by atoms with Crippen molar-refractivity contribution in [2.75, 3.05) is 18.4 Å². The van der Waals surface area contributed by atoms with Crippen molar-refractivity contribution in [3.8, 4) is 0 Å². The van der Waals surface area contributed by atoms with Gasteiger partial charge in [-0.3, -0.25) is 4.79 Å². The Balaban J connectivity index is 1.37. The van der Waals surface area contributed by atoms with E-state index in [1.807, 2.05) is 78.6 Å². The number of nitrogens with zero attached hydrogens (tertiary/aromatic N) is 1. The quantitative estimate of drug-likeness (QED) is 0.486. The van der Waals surface area contributed by atoms with E-state index >= 15 is 0 Å². The highest BCUT2D eigenvalue weighted by Gasteiger charge is 2.25. The Labute approximate surface area is 202 Å². The molecule has 3 aromatic rings. The van der Waals surface area contributed by atoms with E-state index in [9.17, 15) is 9.59 Å². The molecule has 0 bridgehead atoms. The van der Waals surface area contributed by atoms with Gasteiger partial charge in [0, 0.05) is 36.8 Å². The van der Waals surface area contributed by atoms with Crippen molar-refractivity contribution in [3.63, 3.8) is 0 Å². The summed E-state index contributed by atoms with van der Waals surface area (Å²) in [6, 6.07) is 23.8. The van der Waals surface area contributed by atoms with E-state index in [0.29, 0.717) is 18.7 Å². The lowest BCUT2D eigenvalue weighted by atomic mass is 9.89. The molecule has 34 heavy (non-hydrogen) atoms. The van der Waals surface area contributed by atoms with Crippen LogP contribution in [0.15, 0.2) is 72.8 Å². The van der Waals surface area contributed by atoms with Crippen molar-refractivity contribution < 1.29 is 9.59 Å². The molecule has 5 heteroatoms. The first-order valence-electron chi connectivity index (χ1n) is 12.1. The number of aryl methyl sites for hydroxylation is 2. The van der Waals surface area contributed by atoms with E-state index in [0.717, 1.165) is 42.6 Å². The third-order valence-electron chi connectivity index (χ3n) is 6.64. The standard InChI is InChI=1S/C29H33N3O2/c1-3-22-13-15-27(16-14-22)31-29(34)32-17-7-12-26(20-32)23-10-6-11-24(18-23)28(33)30-19-25-9-5-4-8-21(25)2/h4-6,8-11,13-16,18,26H,3,7,12,17,19-20H2,1-2H3,(H,30,33)(H,31,34)/t26-/m0/s1. The Morgan fingerprint density at radius 2 is 1.79 bits per heavy atom. The van der Waals surface area contributed by atoms with E-state index in [4.69, 9.17) is 0 Å². The van der Waals surface area contributed by atoms with Gasteiger partial charge in [0.15, 0.2) is 0 Å². The maximum absolute atomic E-state index is 12.9. The van der Waals surface area contributed by atoms with Gasteiger partial charge in [0.25, 0.3) is 5.91 Å². The molecule has 0 aliphatic carbocycles. The zero-order valence-electron chi connectivity index (χ0n) is 20.0. The Bertz CT molecular complexity index is 1140. The molecule has 5 nitrogen and oxygen atoms in total. The number of benzene rings is 3. The minimum atomic E-state index is -0.0777. The fourth-order valence-corrected chi connectivity index (χ4v) is 4.48. The van der Waals surface area contributed by atoms with Gasteiger partial charge in [-0.25, -0.2) is 4.79 Å². The molecule has 3 aromatic carbocycles. The summed E-state index contributed by atoms with van der Waals surface area (Å²) in [6.45, 7) is 6.06. The van der Waals surface area contributed by atoms with Crippen molar-refractivity contribution in [1.29, 1.82) is 0 Å².